The van der Waals surface area contributed by atoms with Gasteiger partial charge in [0.05, 0.1) is 12.8 Å². The Morgan fingerprint density at radius 2 is 1.90 bits per heavy atom. The van der Waals surface area contributed by atoms with E-state index < -0.39 is 0 Å². The van der Waals surface area contributed by atoms with Gasteiger partial charge in [0.25, 0.3) is 0 Å². The lowest BCUT2D eigenvalue weighted by Crippen LogP contribution is -2.20. The molecule has 0 spiro atoms. The van der Waals surface area contributed by atoms with Gasteiger partial charge >= 0.3 is 0 Å². The van der Waals surface area contributed by atoms with Gasteiger partial charge in [0.15, 0.2) is 0 Å². The van der Waals surface area contributed by atoms with Gasteiger partial charge in [0.1, 0.15) is 6.61 Å². The number of nitrogens with one attached hydrogen (secondary N) is 1. The molecule has 30 heavy (non-hydrogen) atoms. The molecule has 4 heteroatoms. The summed E-state index contributed by atoms with van der Waals surface area (Å²) in [6.07, 6.45) is 6.64. The first kappa shape index (κ1) is 19.7. The SMILES string of the molecule is COOCc1ccc2c(C3CCCCC3)c3n(c2c1)CC(C)Nc1cc(C)ccc1-3. The second kappa shape index (κ2) is 8.09. The zero-order valence-electron chi connectivity index (χ0n) is 18.3. The fourth-order valence-electron chi connectivity index (χ4n) is 5.49. The molecule has 1 fully saturated rings. The third-order valence-electron chi connectivity index (χ3n) is 6.81. The van der Waals surface area contributed by atoms with Crippen molar-refractivity contribution in [1.82, 2.24) is 4.57 Å². The van der Waals surface area contributed by atoms with E-state index in [0.29, 0.717) is 18.6 Å². The molecule has 1 N–H and O–H groups in total. The number of nitrogens with zero attached hydrogens (tertiary/aromatic N) is 1. The quantitative estimate of drug-likeness (QED) is 0.395. The zero-order chi connectivity index (χ0) is 20.7. The minimum atomic E-state index is 0.362. The van der Waals surface area contributed by atoms with Crippen LogP contribution in [0.3, 0.4) is 0 Å². The number of fused-ring (bicyclic) bond motifs is 5. The van der Waals surface area contributed by atoms with Crippen LogP contribution in [0.1, 0.15) is 61.6 Å². The van der Waals surface area contributed by atoms with E-state index in [4.69, 9.17) is 9.78 Å². The van der Waals surface area contributed by atoms with Crippen molar-refractivity contribution in [1.29, 1.82) is 0 Å². The Labute approximate surface area is 179 Å². The van der Waals surface area contributed by atoms with Crippen molar-refractivity contribution in [2.75, 3.05) is 12.4 Å². The van der Waals surface area contributed by atoms with E-state index in [1.807, 2.05) is 0 Å². The van der Waals surface area contributed by atoms with Crippen molar-refractivity contribution in [3.63, 3.8) is 0 Å². The van der Waals surface area contributed by atoms with Crippen LogP contribution in [0.5, 0.6) is 0 Å². The van der Waals surface area contributed by atoms with Crippen molar-refractivity contribution in [2.45, 2.75) is 71.1 Å². The third-order valence-corrected chi connectivity index (χ3v) is 6.81. The molecule has 1 unspecified atom stereocenters. The normalized spacial score (nSPS) is 19.2. The van der Waals surface area contributed by atoms with Gasteiger partial charge in [-0.25, -0.2) is 9.78 Å². The molecule has 158 valence electrons. The highest BCUT2D eigenvalue weighted by Gasteiger charge is 2.29. The molecule has 2 aromatic carbocycles. The number of aryl methyl sites for hydroxylation is 1. The maximum atomic E-state index is 5.23. The highest BCUT2D eigenvalue weighted by molar-refractivity contribution is 5.96. The molecule has 3 aromatic rings. The van der Waals surface area contributed by atoms with Crippen LogP contribution in [0.15, 0.2) is 36.4 Å². The summed E-state index contributed by atoms with van der Waals surface area (Å²) in [5, 5.41) is 5.19. The van der Waals surface area contributed by atoms with Crippen molar-refractivity contribution in [3.05, 3.63) is 53.1 Å². The summed E-state index contributed by atoms with van der Waals surface area (Å²) in [5.41, 5.74) is 9.37. The van der Waals surface area contributed by atoms with E-state index in [-0.39, 0.29) is 0 Å². The van der Waals surface area contributed by atoms with Gasteiger partial charge in [-0.2, -0.15) is 0 Å². The highest BCUT2D eigenvalue weighted by atomic mass is 17.2. The minimum absolute atomic E-state index is 0.362. The fourth-order valence-corrected chi connectivity index (χ4v) is 5.49. The molecule has 1 saturated carbocycles. The fraction of sp³-hybridized carbons (Fsp3) is 0.462. The lowest BCUT2D eigenvalue weighted by atomic mass is 9.81. The molecular weight excluding hydrogens is 372 g/mol. The first-order chi connectivity index (χ1) is 14.7. The maximum Gasteiger partial charge on any atom is 0.107 e. The van der Waals surface area contributed by atoms with E-state index in [1.165, 1.54) is 65.5 Å². The number of hydrogen-bond acceptors (Lipinski definition) is 3. The number of benzene rings is 2. The Bertz CT molecular complexity index is 1060. The third kappa shape index (κ3) is 3.42. The molecular formula is C26H32N2O2. The summed E-state index contributed by atoms with van der Waals surface area (Å²) in [7, 11) is 1.56. The average Bonchev–Trinajstić information content (AvgIpc) is 2.98. The second-order valence-electron chi connectivity index (χ2n) is 9.08. The summed E-state index contributed by atoms with van der Waals surface area (Å²) in [6, 6.07) is 14.1. The predicted molar refractivity (Wildman–Crippen MR) is 123 cm³/mol. The van der Waals surface area contributed by atoms with Gasteiger partial charge < -0.3 is 9.88 Å². The van der Waals surface area contributed by atoms with E-state index >= 15 is 0 Å². The number of rotatable bonds is 4. The smallest absolute Gasteiger partial charge is 0.107 e. The van der Waals surface area contributed by atoms with Gasteiger partial charge in [-0.1, -0.05) is 43.5 Å². The van der Waals surface area contributed by atoms with E-state index in [9.17, 15) is 0 Å². The molecule has 0 bridgehead atoms. The molecule has 0 radical (unpaired) electrons. The highest BCUT2D eigenvalue weighted by Crippen LogP contribution is 2.47. The summed E-state index contributed by atoms with van der Waals surface area (Å²) in [4.78, 5) is 10.1. The van der Waals surface area contributed by atoms with E-state index in [2.05, 4.69) is 60.1 Å². The Morgan fingerprint density at radius 1 is 1.07 bits per heavy atom. The van der Waals surface area contributed by atoms with Gasteiger partial charge in [-0.05, 0) is 61.4 Å². The predicted octanol–water partition coefficient (Wildman–Crippen LogP) is 6.56. The number of hydrogen-bond donors (Lipinski definition) is 1. The van der Waals surface area contributed by atoms with Crippen LogP contribution in [-0.4, -0.2) is 17.7 Å². The molecule has 0 amide bonds. The van der Waals surface area contributed by atoms with Crippen LogP contribution in [0, 0.1) is 6.92 Å². The van der Waals surface area contributed by atoms with Crippen LogP contribution < -0.4 is 5.32 Å². The first-order valence-electron chi connectivity index (χ1n) is 11.3. The van der Waals surface area contributed by atoms with Gasteiger partial charge in [0, 0.05) is 34.7 Å². The van der Waals surface area contributed by atoms with Gasteiger partial charge in [-0.15, -0.1) is 0 Å². The van der Waals surface area contributed by atoms with Crippen LogP contribution in [-0.2, 0) is 22.9 Å². The van der Waals surface area contributed by atoms with Gasteiger partial charge in [-0.3, -0.25) is 0 Å². The molecule has 0 saturated heterocycles. The maximum absolute atomic E-state index is 5.23. The number of anilines is 1. The zero-order valence-corrected chi connectivity index (χ0v) is 18.3. The molecule has 1 atom stereocenters. The second-order valence-corrected chi connectivity index (χ2v) is 9.08. The van der Waals surface area contributed by atoms with Crippen molar-refractivity contribution in [2.24, 2.45) is 0 Å². The lowest BCUT2D eigenvalue weighted by molar-refractivity contribution is -0.282. The summed E-state index contributed by atoms with van der Waals surface area (Å²) >= 11 is 0. The standard InChI is InChI=1S/C26H32N2O2/c1-17-9-11-21-23(13-17)27-18(2)15-28-24-14-19(16-30-29-3)10-12-22(24)25(26(21)28)20-7-5-4-6-8-20/h9-14,18,20,27H,4-8,15-16H2,1-3H3. The monoisotopic (exact) mass is 404 g/mol. The Kier molecular flexibility index (Phi) is 5.30. The van der Waals surface area contributed by atoms with Crippen molar-refractivity contribution < 1.29 is 9.78 Å². The number of aromatic nitrogens is 1. The van der Waals surface area contributed by atoms with Crippen molar-refractivity contribution >= 4 is 16.6 Å². The van der Waals surface area contributed by atoms with Crippen LogP contribution in [0.2, 0.25) is 0 Å². The Morgan fingerprint density at radius 3 is 2.70 bits per heavy atom. The minimum Gasteiger partial charge on any atom is -0.380 e. The molecule has 4 nitrogen and oxygen atoms in total. The summed E-state index contributed by atoms with van der Waals surface area (Å²) < 4.78 is 2.56. The summed E-state index contributed by atoms with van der Waals surface area (Å²) in [5.74, 6) is 0.640. The largest absolute Gasteiger partial charge is 0.380 e. The van der Waals surface area contributed by atoms with Gasteiger partial charge in [0.2, 0.25) is 0 Å². The van der Waals surface area contributed by atoms with E-state index in [1.54, 1.807) is 12.7 Å². The first-order valence-corrected chi connectivity index (χ1v) is 11.3. The van der Waals surface area contributed by atoms with Crippen LogP contribution in [0.4, 0.5) is 5.69 Å². The topological polar surface area (TPSA) is 35.4 Å². The average molecular weight is 405 g/mol. The Balaban J connectivity index is 1.78. The van der Waals surface area contributed by atoms with E-state index in [0.717, 1.165) is 12.1 Å². The van der Waals surface area contributed by atoms with Crippen LogP contribution >= 0.6 is 0 Å². The molecule has 2 aliphatic rings. The molecule has 1 aromatic heterocycles. The summed E-state index contributed by atoms with van der Waals surface area (Å²) in [6.45, 7) is 5.89. The van der Waals surface area contributed by atoms with Crippen molar-refractivity contribution in [3.8, 4) is 11.3 Å². The Hall–Kier alpha value is -2.30. The molecule has 5 rings (SSSR count). The molecule has 2 heterocycles. The van der Waals surface area contributed by atoms with Crippen LogP contribution in [0.25, 0.3) is 22.2 Å². The molecule has 1 aliphatic carbocycles. The molecule has 1 aliphatic heterocycles. The lowest BCUT2D eigenvalue weighted by Gasteiger charge is -2.24.